The zero-order valence-corrected chi connectivity index (χ0v) is 33.6. The molecule has 0 radical (unpaired) electrons. The molecule has 0 aliphatic carbocycles. The molecule has 1 aromatic heterocycles. The van der Waals surface area contributed by atoms with Crippen molar-refractivity contribution in [3.63, 3.8) is 0 Å². The average molecular weight is 789 g/mol. The second-order valence-electron chi connectivity index (χ2n) is 15.5. The Morgan fingerprint density at radius 3 is 1.50 bits per heavy atom. The lowest BCUT2D eigenvalue weighted by Gasteiger charge is -2.15. The second kappa shape index (κ2) is 15.6. The lowest BCUT2D eigenvalue weighted by molar-refractivity contribution is 1.07. The summed E-state index contributed by atoms with van der Waals surface area (Å²) in [7, 11) is 0. The van der Waals surface area contributed by atoms with E-state index in [0.29, 0.717) is 23.0 Å². The van der Waals surface area contributed by atoms with Crippen LogP contribution in [0.4, 0.5) is 0 Å². The van der Waals surface area contributed by atoms with E-state index in [9.17, 15) is 5.26 Å². The largest absolute Gasteiger partial charge is 0.208 e. The van der Waals surface area contributed by atoms with E-state index >= 15 is 0 Å². The maximum absolute atomic E-state index is 9.39. The maximum Gasteiger partial charge on any atom is 0.164 e. The van der Waals surface area contributed by atoms with Crippen molar-refractivity contribution in [2.75, 3.05) is 0 Å². The van der Waals surface area contributed by atoms with Gasteiger partial charge in [-0.1, -0.05) is 182 Å². The van der Waals surface area contributed by atoms with Crippen LogP contribution in [0.3, 0.4) is 0 Å². The van der Waals surface area contributed by atoms with Gasteiger partial charge in [0.15, 0.2) is 17.5 Å². The molecule has 0 aliphatic rings. The minimum atomic E-state index is 0.575. The fourth-order valence-corrected chi connectivity index (χ4v) is 8.70. The lowest BCUT2D eigenvalue weighted by Crippen LogP contribution is -2.01. The monoisotopic (exact) mass is 788 g/mol. The van der Waals surface area contributed by atoms with Gasteiger partial charge in [0.2, 0.25) is 0 Å². The number of aromatic nitrogens is 3. The molecule has 0 aliphatic heterocycles. The van der Waals surface area contributed by atoms with Gasteiger partial charge in [-0.15, -0.1) is 0 Å². The SMILES string of the molecule is N#Cc1ccc(-c2cccc(-c3nc(-c4cccc(-c5cccc(-c6c7ccccc7cc7c6ccc6ccccc67)c5)c4)nc(-c4ccccc4-c4ccccc4)n3)c2)cc1. The quantitative estimate of drug-likeness (QED) is 0.119. The summed E-state index contributed by atoms with van der Waals surface area (Å²) in [4.78, 5) is 15.6. The molecule has 4 heteroatoms. The highest BCUT2D eigenvalue weighted by Crippen LogP contribution is 2.41. The zero-order valence-electron chi connectivity index (χ0n) is 33.6. The van der Waals surface area contributed by atoms with Crippen LogP contribution in [0.15, 0.2) is 218 Å². The van der Waals surface area contributed by atoms with Crippen LogP contribution >= 0.6 is 0 Å². The molecule has 11 aromatic rings. The van der Waals surface area contributed by atoms with Crippen molar-refractivity contribution in [3.8, 4) is 84.7 Å². The summed E-state index contributed by atoms with van der Waals surface area (Å²) < 4.78 is 0. The lowest BCUT2D eigenvalue weighted by atomic mass is 9.89. The Hall–Kier alpha value is -8.52. The Balaban J connectivity index is 1.05. The number of nitriles is 1. The molecule has 11 rings (SSSR count). The van der Waals surface area contributed by atoms with Crippen LogP contribution in [0, 0.1) is 11.3 Å². The molecular weight excluding hydrogens is 753 g/mol. The summed E-state index contributed by atoms with van der Waals surface area (Å²) in [5, 5.41) is 16.8. The Morgan fingerprint density at radius 2 is 0.806 bits per heavy atom. The summed E-state index contributed by atoms with van der Waals surface area (Å²) in [6.07, 6.45) is 0. The first kappa shape index (κ1) is 36.6. The third-order valence-corrected chi connectivity index (χ3v) is 11.7. The molecular formula is C58H36N4. The summed E-state index contributed by atoms with van der Waals surface area (Å²) in [5.74, 6) is 1.75. The van der Waals surface area contributed by atoms with Crippen molar-refractivity contribution >= 4 is 32.3 Å². The van der Waals surface area contributed by atoms with E-state index in [-0.39, 0.29) is 0 Å². The molecule has 0 atom stereocenters. The molecule has 0 bridgehead atoms. The van der Waals surface area contributed by atoms with Crippen molar-refractivity contribution in [1.82, 2.24) is 15.0 Å². The second-order valence-corrected chi connectivity index (χ2v) is 15.5. The van der Waals surface area contributed by atoms with Crippen LogP contribution in [-0.4, -0.2) is 15.0 Å². The third kappa shape index (κ3) is 6.74. The Labute approximate surface area is 359 Å². The Bertz CT molecular complexity index is 3530. The molecule has 4 nitrogen and oxygen atoms in total. The first-order chi connectivity index (χ1) is 30.7. The normalized spacial score (nSPS) is 11.2. The third-order valence-electron chi connectivity index (χ3n) is 11.7. The summed E-state index contributed by atoms with van der Waals surface area (Å²) in [5.41, 5.74) is 12.0. The molecule has 288 valence electrons. The smallest absolute Gasteiger partial charge is 0.164 e. The van der Waals surface area contributed by atoms with Crippen LogP contribution in [0.5, 0.6) is 0 Å². The van der Waals surface area contributed by atoms with E-state index in [0.717, 1.165) is 55.6 Å². The van der Waals surface area contributed by atoms with Crippen molar-refractivity contribution < 1.29 is 0 Å². The van der Waals surface area contributed by atoms with Crippen LogP contribution < -0.4 is 0 Å². The molecule has 62 heavy (non-hydrogen) atoms. The molecule has 0 saturated heterocycles. The van der Waals surface area contributed by atoms with Gasteiger partial charge in [-0.25, -0.2) is 15.0 Å². The van der Waals surface area contributed by atoms with Crippen molar-refractivity contribution in [3.05, 3.63) is 224 Å². The summed E-state index contributed by atoms with van der Waals surface area (Å²) in [6.45, 7) is 0. The highest BCUT2D eigenvalue weighted by atomic mass is 15.0. The van der Waals surface area contributed by atoms with Crippen molar-refractivity contribution in [1.29, 1.82) is 5.26 Å². The first-order valence-corrected chi connectivity index (χ1v) is 20.7. The van der Waals surface area contributed by atoms with Gasteiger partial charge in [-0.2, -0.15) is 5.26 Å². The highest BCUT2D eigenvalue weighted by molar-refractivity contribution is 6.20. The standard InChI is InChI=1S/C58H36N4/c59-37-38-27-29-39(30-28-38)42-17-11-21-47(34-42)56-60-57(62-58(61-56)53-26-9-8-23-49(53)40-13-2-1-3-14-40)48-22-12-19-44(35-48)43-18-10-20-46(33-43)55-51-25-7-5-16-45(51)36-54-50-24-6-4-15-41(50)31-32-52(54)55/h1-36H. The van der Waals surface area contributed by atoms with E-state index in [2.05, 4.69) is 176 Å². The topological polar surface area (TPSA) is 62.5 Å². The van der Waals surface area contributed by atoms with E-state index in [4.69, 9.17) is 15.0 Å². The Morgan fingerprint density at radius 1 is 0.290 bits per heavy atom. The number of rotatable bonds is 7. The molecule has 0 N–H and O–H groups in total. The molecule has 0 amide bonds. The fourth-order valence-electron chi connectivity index (χ4n) is 8.70. The first-order valence-electron chi connectivity index (χ1n) is 20.7. The van der Waals surface area contributed by atoms with E-state index in [1.54, 1.807) is 0 Å². The molecule has 1 heterocycles. The van der Waals surface area contributed by atoms with Gasteiger partial charge >= 0.3 is 0 Å². The molecule has 0 fully saturated rings. The fraction of sp³-hybridized carbons (Fsp3) is 0. The molecule has 0 spiro atoms. The predicted octanol–water partition coefficient (Wildman–Crippen LogP) is 14.9. The number of hydrogen-bond donors (Lipinski definition) is 0. The van der Waals surface area contributed by atoms with Crippen LogP contribution in [0.2, 0.25) is 0 Å². The van der Waals surface area contributed by atoms with Crippen molar-refractivity contribution in [2.24, 2.45) is 0 Å². The number of fused-ring (bicyclic) bond motifs is 4. The number of hydrogen-bond acceptors (Lipinski definition) is 4. The van der Waals surface area contributed by atoms with Gasteiger partial charge in [0, 0.05) is 16.7 Å². The van der Waals surface area contributed by atoms with Gasteiger partial charge in [0.25, 0.3) is 0 Å². The van der Waals surface area contributed by atoms with Crippen LogP contribution in [-0.2, 0) is 0 Å². The van der Waals surface area contributed by atoms with Crippen LogP contribution in [0.25, 0.3) is 111 Å². The van der Waals surface area contributed by atoms with Gasteiger partial charge in [-0.05, 0) is 113 Å². The number of nitrogens with zero attached hydrogens (tertiary/aromatic N) is 4. The van der Waals surface area contributed by atoms with E-state index < -0.39 is 0 Å². The van der Waals surface area contributed by atoms with Gasteiger partial charge in [0.1, 0.15) is 0 Å². The maximum atomic E-state index is 9.39. The van der Waals surface area contributed by atoms with Crippen LogP contribution in [0.1, 0.15) is 5.56 Å². The van der Waals surface area contributed by atoms with E-state index in [1.807, 2.05) is 48.5 Å². The van der Waals surface area contributed by atoms with Gasteiger partial charge in [-0.3, -0.25) is 0 Å². The highest BCUT2D eigenvalue weighted by Gasteiger charge is 2.18. The van der Waals surface area contributed by atoms with Gasteiger partial charge in [0.05, 0.1) is 11.6 Å². The van der Waals surface area contributed by atoms with Gasteiger partial charge < -0.3 is 0 Å². The molecule has 0 unspecified atom stereocenters. The zero-order chi connectivity index (χ0) is 41.4. The van der Waals surface area contributed by atoms with Crippen molar-refractivity contribution in [2.45, 2.75) is 0 Å². The molecule has 10 aromatic carbocycles. The van der Waals surface area contributed by atoms with E-state index in [1.165, 1.54) is 37.9 Å². The summed E-state index contributed by atoms with van der Waals surface area (Å²) in [6, 6.07) is 78.3. The molecule has 0 saturated carbocycles. The average Bonchev–Trinajstić information content (AvgIpc) is 3.36. The predicted molar refractivity (Wildman–Crippen MR) is 255 cm³/mol. The number of benzene rings is 10. The Kier molecular flexibility index (Phi) is 9.19. The summed E-state index contributed by atoms with van der Waals surface area (Å²) >= 11 is 0. The minimum Gasteiger partial charge on any atom is -0.208 e. The minimum absolute atomic E-state index is 0.575.